The van der Waals surface area contributed by atoms with Gasteiger partial charge in [-0.3, -0.25) is 14.2 Å². The maximum atomic E-state index is 13.8. The van der Waals surface area contributed by atoms with Crippen LogP contribution < -0.4 is 16.2 Å². The van der Waals surface area contributed by atoms with Gasteiger partial charge in [0.25, 0.3) is 5.56 Å². The minimum Gasteiger partial charge on any atom is -0.324 e. The molecule has 2 N–H and O–H groups in total. The molecule has 9 heteroatoms. The number of pyridine rings is 1. The van der Waals surface area contributed by atoms with Crippen LogP contribution in [0.4, 0.5) is 16.0 Å². The molecule has 0 atom stereocenters. The van der Waals surface area contributed by atoms with Crippen LogP contribution in [0, 0.1) is 0 Å². The highest BCUT2D eigenvalue weighted by atomic mass is 19.1. The Morgan fingerprint density at radius 3 is 2.70 bits per heavy atom. The minimum absolute atomic E-state index is 0.0675. The molecule has 37 heavy (non-hydrogen) atoms. The van der Waals surface area contributed by atoms with Crippen molar-refractivity contribution >= 4 is 22.7 Å². The fourth-order valence-electron chi connectivity index (χ4n) is 5.45. The van der Waals surface area contributed by atoms with E-state index in [0.717, 1.165) is 42.9 Å². The molecular weight excluding hydrogens is 469 g/mol. The van der Waals surface area contributed by atoms with Gasteiger partial charge >= 0.3 is 0 Å². The van der Waals surface area contributed by atoms with Gasteiger partial charge in [0.2, 0.25) is 5.95 Å². The lowest BCUT2D eigenvalue weighted by atomic mass is 9.85. The maximum absolute atomic E-state index is 13.8. The van der Waals surface area contributed by atoms with E-state index in [0.29, 0.717) is 17.0 Å². The summed E-state index contributed by atoms with van der Waals surface area (Å²) in [4.78, 5) is 27.1. The molecule has 1 saturated carbocycles. The first kappa shape index (κ1) is 23.8. The average Bonchev–Trinajstić information content (AvgIpc) is 3.62. The van der Waals surface area contributed by atoms with Crippen molar-refractivity contribution in [1.82, 2.24) is 29.6 Å². The first-order valence-corrected chi connectivity index (χ1v) is 12.9. The number of rotatable bonds is 6. The van der Waals surface area contributed by atoms with E-state index >= 15 is 0 Å². The summed E-state index contributed by atoms with van der Waals surface area (Å²) in [7, 11) is 0. The predicted octanol–water partition coefficient (Wildman–Crippen LogP) is 4.68. The Balaban J connectivity index is 1.44. The number of halogens is 1. The molecule has 6 rings (SSSR count). The van der Waals surface area contributed by atoms with E-state index in [9.17, 15) is 9.18 Å². The van der Waals surface area contributed by atoms with Gasteiger partial charge in [-0.15, -0.1) is 0 Å². The van der Waals surface area contributed by atoms with Crippen molar-refractivity contribution in [2.75, 3.05) is 18.5 Å². The molecule has 0 radical (unpaired) electrons. The third-order valence-electron chi connectivity index (χ3n) is 7.75. The number of hydrogen-bond donors (Lipinski definition) is 2. The Kier molecular flexibility index (Phi) is 5.45. The van der Waals surface area contributed by atoms with Crippen LogP contribution in [-0.2, 0) is 17.4 Å². The molecule has 0 bridgehead atoms. The SMILES string of the molecule is CC(C)n1c(=O)c2cnc(Nc3ccc4c(c3)CCNC4(C)C)nc2n1-c1ccnc(C2(CF)CC2)c1. The fraction of sp³-hybridized carbons (Fsp3) is 0.429. The van der Waals surface area contributed by atoms with Crippen molar-refractivity contribution in [3.8, 4) is 5.69 Å². The molecule has 192 valence electrons. The van der Waals surface area contributed by atoms with E-state index in [2.05, 4.69) is 46.6 Å². The van der Waals surface area contributed by atoms with Crippen molar-refractivity contribution in [3.05, 3.63) is 69.9 Å². The number of benzene rings is 1. The molecule has 0 saturated heterocycles. The molecule has 1 aromatic carbocycles. The number of nitrogens with one attached hydrogen (secondary N) is 2. The molecular formula is C28H32FN7O. The zero-order chi connectivity index (χ0) is 25.9. The van der Waals surface area contributed by atoms with Gasteiger partial charge in [-0.05, 0) is 88.9 Å². The Bertz CT molecular complexity index is 1560. The van der Waals surface area contributed by atoms with Crippen LogP contribution in [0.5, 0.6) is 0 Å². The summed E-state index contributed by atoms with van der Waals surface area (Å²) >= 11 is 0. The maximum Gasteiger partial charge on any atom is 0.278 e. The molecule has 0 amide bonds. The topological polar surface area (TPSA) is 89.7 Å². The third kappa shape index (κ3) is 3.92. The lowest BCUT2D eigenvalue weighted by Crippen LogP contribution is -2.42. The quantitative estimate of drug-likeness (QED) is 0.399. The van der Waals surface area contributed by atoms with E-state index in [1.807, 2.05) is 36.7 Å². The largest absolute Gasteiger partial charge is 0.324 e. The zero-order valence-corrected chi connectivity index (χ0v) is 21.7. The zero-order valence-electron chi connectivity index (χ0n) is 21.7. The Morgan fingerprint density at radius 1 is 1.16 bits per heavy atom. The van der Waals surface area contributed by atoms with Gasteiger partial charge in [0.15, 0.2) is 5.65 Å². The van der Waals surface area contributed by atoms with Crippen molar-refractivity contribution < 1.29 is 4.39 Å². The number of anilines is 2. The first-order chi connectivity index (χ1) is 17.7. The molecule has 8 nitrogen and oxygen atoms in total. The highest BCUT2D eigenvalue weighted by Crippen LogP contribution is 2.48. The number of hydrogen-bond acceptors (Lipinski definition) is 6. The lowest BCUT2D eigenvalue weighted by molar-refractivity contribution is 0.382. The van der Waals surface area contributed by atoms with Crippen LogP contribution in [0.25, 0.3) is 16.7 Å². The van der Waals surface area contributed by atoms with E-state index in [1.54, 1.807) is 17.1 Å². The monoisotopic (exact) mass is 501 g/mol. The standard InChI is InChI=1S/C28H32FN7O/c1-17(2)35-25(37)21-15-31-26(33-19-5-6-22-18(13-19)7-12-32-27(22,3)4)34-24(21)36(35)20-8-11-30-23(14-20)28(16-29)9-10-28/h5-6,8,11,13-15,17,32H,7,9-10,12,16H2,1-4H3,(H,31,33,34). The average molecular weight is 502 g/mol. The van der Waals surface area contributed by atoms with Crippen LogP contribution in [0.2, 0.25) is 0 Å². The molecule has 4 aromatic rings. The fourth-order valence-corrected chi connectivity index (χ4v) is 5.45. The molecule has 4 heterocycles. The van der Waals surface area contributed by atoms with Gasteiger partial charge in [0.1, 0.15) is 12.1 Å². The van der Waals surface area contributed by atoms with E-state index < -0.39 is 12.1 Å². The second-order valence-corrected chi connectivity index (χ2v) is 11.1. The first-order valence-electron chi connectivity index (χ1n) is 12.9. The van der Waals surface area contributed by atoms with Gasteiger partial charge in [0, 0.05) is 35.1 Å². The summed E-state index contributed by atoms with van der Waals surface area (Å²) in [5, 5.41) is 7.33. The van der Waals surface area contributed by atoms with Crippen LogP contribution in [0.15, 0.2) is 47.5 Å². The van der Waals surface area contributed by atoms with Crippen LogP contribution >= 0.6 is 0 Å². The van der Waals surface area contributed by atoms with Gasteiger partial charge < -0.3 is 10.6 Å². The van der Waals surface area contributed by atoms with Gasteiger partial charge in [-0.1, -0.05) is 6.07 Å². The normalized spacial score (nSPS) is 17.7. The number of alkyl halides is 1. The van der Waals surface area contributed by atoms with Gasteiger partial charge in [-0.2, -0.15) is 4.98 Å². The summed E-state index contributed by atoms with van der Waals surface area (Å²) < 4.78 is 17.3. The molecule has 1 aliphatic heterocycles. The van der Waals surface area contributed by atoms with Crippen molar-refractivity contribution in [1.29, 1.82) is 0 Å². The highest BCUT2D eigenvalue weighted by molar-refractivity contribution is 5.77. The highest BCUT2D eigenvalue weighted by Gasteiger charge is 2.46. The summed E-state index contributed by atoms with van der Waals surface area (Å²) in [5.41, 5.74) is 4.71. The molecule has 2 aliphatic rings. The molecule has 0 unspecified atom stereocenters. The number of nitrogens with zero attached hydrogens (tertiary/aromatic N) is 5. The Morgan fingerprint density at radius 2 is 1.97 bits per heavy atom. The van der Waals surface area contributed by atoms with Crippen LogP contribution in [0.1, 0.15) is 63.4 Å². The summed E-state index contributed by atoms with van der Waals surface area (Å²) in [6.45, 7) is 8.79. The van der Waals surface area contributed by atoms with Gasteiger partial charge in [-0.25, -0.2) is 14.3 Å². The van der Waals surface area contributed by atoms with E-state index in [1.165, 1.54) is 11.1 Å². The molecule has 0 spiro atoms. The molecule has 3 aromatic heterocycles. The van der Waals surface area contributed by atoms with Crippen molar-refractivity contribution in [2.24, 2.45) is 0 Å². The predicted molar refractivity (Wildman–Crippen MR) is 143 cm³/mol. The van der Waals surface area contributed by atoms with Crippen LogP contribution in [-0.4, -0.2) is 37.5 Å². The second kappa shape index (κ2) is 8.48. The molecule has 1 fully saturated rings. The molecule has 1 aliphatic carbocycles. The van der Waals surface area contributed by atoms with Crippen molar-refractivity contribution in [2.45, 2.75) is 64.0 Å². The van der Waals surface area contributed by atoms with Gasteiger partial charge in [0.05, 0.1) is 11.4 Å². The Labute approximate surface area is 214 Å². The van der Waals surface area contributed by atoms with E-state index in [-0.39, 0.29) is 17.1 Å². The number of fused-ring (bicyclic) bond motifs is 2. The van der Waals surface area contributed by atoms with Crippen LogP contribution in [0.3, 0.4) is 0 Å². The van der Waals surface area contributed by atoms with Crippen molar-refractivity contribution in [3.63, 3.8) is 0 Å². The lowest BCUT2D eigenvalue weighted by Gasteiger charge is -2.34. The minimum atomic E-state index is -0.500. The summed E-state index contributed by atoms with van der Waals surface area (Å²) in [6.07, 6.45) is 5.79. The van der Waals surface area contributed by atoms with E-state index in [4.69, 9.17) is 4.98 Å². The Hall–Kier alpha value is -3.59. The number of aromatic nitrogens is 5. The second-order valence-electron chi connectivity index (χ2n) is 11.1. The third-order valence-corrected chi connectivity index (χ3v) is 7.75. The summed E-state index contributed by atoms with van der Waals surface area (Å²) in [6, 6.07) is 9.93. The summed E-state index contributed by atoms with van der Waals surface area (Å²) in [5.74, 6) is 0.409. The smallest absolute Gasteiger partial charge is 0.278 e.